The highest BCUT2D eigenvalue weighted by Crippen LogP contribution is 2.21. The van der Waals surface area contributed by atoms with E-state index >= 15 is 0 Å². The number of sulfonamides is 1. The van der Waals surface area contributed by atoms with Crippen LogP contribution in [0.2, 0.25) is 0 Å². The van der Waals surface area contributed by atoms with Crippen molar-refractivity contribution in [1.29, 1.82) is 0 Å². The molecule has 2 heterocycles. The second-order valence-electron chi connectivity index (χ2n) is 6.24. The molecule has 0 aromatic rings. The number of hydrogen-bond acceptors (Lipinski definition) is 4. The van der Waals surface area contributed by atoms with Crippen molar-refractivity contribution in [2.24, 2.45) is 5.92 Å². The Balaban J connectivity index is 1.76. The number of carbonyl (C=O) groups is 1. The molecule has 2 aliphatic heterocycles. The largest absolute Gasteiger partial charge is 0.354 e. The van der Waals surface area contributed by atoms with E-state index in [0.29, 0.717) is 32.0 Å². The topological polar surface area (TPSA) is 69.7 Å². The van der Waals surface area contributed by atoms with Gasteiger partial charge in [-0.3, -0.25) is 9.69 Å². The maximum Gasteiger partial charge on any atom is 0.223 e. The van der Waals surface area contributed by atoms with Crippen LogP contribution in [-0.2, 0) is 14.8 Å². The van der Waals surface area contributed by atoms with Crippen molar-refractivity contribution in [2.45, 2.75) is 45.6 Å². The summed E-state index contributed by atoms with van der Waals surface area (Å²) in [7, 11) is -3.11. The number of likely N-dealkylation sites (tertiary alicyclic amines) is 1. The monoisotopic (exact) mass is 331 g/mol. The average molecular weight is 331 g/mol. The van der Waals surface area contributed by atoms with Crippen molar-refractivity contribution in [1.82, 2.24) is 14.5 Å². The van der Waals surface area contributed by atoms with Crippen LogP contribution in [0.25, 0.3) is 0 Å². The van der Waals surface area contributed by atoms with Crippen molar-refractivity contribution in [3.63, 3.8) is 0 Å². The van der Waals surface area contributed by atoms with E-state index in [1.54, 1.807) is 6.92 Å². The molecule has 2 fully saturated rings. The predicted octanol–water partition coefficient (Wildman–Crippen LogP) is 0.649. The van der Waals surface area contributed by atoms with Gasteiger partial charge in [-0.2, -0.15) is 0 Å². The van der Waals surface area contributed by atoms with E-state index in [0.717, 1.165) is 26.1 Å². The molecule has 0 aromatic carbocycles. The Kier molecular flexibility index (Phi) is 6.23. The van der Waals surface area contributed by atoms with Crippen LogP contribution in [0, 0.1) is 5.92 Å². The fourth-order valence-corrected chi connectivity index (χ4v) is 4.62. The number of hydrogen-bond donors (Lipinski definition) is 1. The van der Waals surface area contributed by atoms with E-state index in [2.05, 4.69) is 17.1 Å². The quantitative estimate of drug-likeness (QED) is 0.776. The first kappa shape index (κ1) is 17.7. The Hall–Kier alpha value is -0.660. The van der Waals surface area contributed by atoms with Gasteiger partial charge in [-0.05, 0) is 45.7 Å². The standard InChI is InChI=1S/C15H29N3O3S/c1-3-17-9-5-6-14(17)12-16-15(19)13-7-10-18(11-8-13)22(20,21)4-2/h13-14H,3-12H2,1-2H3,(H,16,19)/t14-/m1/s1. The molecule has 7 heteroatoms. The van der Waals surface area contributed by atoms with Crippen LogP contribution in [0.1, 0.15) is 39.5 Å². The molecule has 0 unspecified atom stereocenters. The minimum absolute atomic E-state index is 0.0419. The van der Waals surface area contributed by atoms with Gasteiger partial charge in [0.15, 0.2) is 0 Å². The zero-order chi connectivity index (χ0) is 16.2. The van der Waals surface area contributed by atoms with E-state index in [4.69, 9.17) is 0 Å². The zero-order valence-corrected chi connectivity index (χ0v) is 14.6. The maximum atomic E-state index is 12.3. The number of rotatable bonds is 6. The lowest BCUT2D eigenvalue weighted by molar-refractivity contribution is -0.126. The zero-order valence-electron chi connectivity index (χ0n) is 13.8. The van der Waals surface area contributed by atoms with Crippen molar-refractivity contribution in [3.05, 3.63) is 0 Å². The van der Waals surface area contributed by atoms with Gasteiger partial charge in [0.25, 0.3) is 0 Å². The van der Waals surface area contributed by atoms with E-state index < -0.39 is 10.0 Å². The lowest BCUT2D eigenvalue weighted by Gasteiger charge is -2.31. The molecular formula is C15H29N3O3S. The molecular weight excluding hydrogens is 302 g/mol. The van der Waals surface area contributed by atoms with E-state index in [1.807, 2.05) is 0 Å². The predicted molar refractivity (Wildman–Crippen MR) is 87.0 cm³/mol. The molecule has 0 radical (unpaired) electrons. The van der Waals surface area contributed by atoms with Crippen LogP contribution in [0.4, 0.5) is 0 Å². The molecule has 0 spiro atoms. The number of piperidine rings is 1. The fourth-order valence-electron chi connectivity index (χ4n) is 3.48. The first-order valence-electron chi connectivity index (χ1n) is 8.47. The van der Waals surface area contributed by atoms with Gasteiger partial charge in [-0.1, -0.05) is 6.92 Å². The molecule has 0 saturated carbocycles. The number of nitrogens with one attached hydrogen (secondary N) is 1. The lowest BCUT2D eigenvalue weighted by Crippen LogP contribution is -2.46. The van der Waals surface area contributed by atoms with Gasteiger partial charge in [-0.15, -0.1) is 0 Å². The summed E-state index contributed by atoms with van der Waals surface area (Å²) >= 11 is 0. The number of likely N-dealkylation sites (N-methyl/N-ethyl adjacent to an activating group) is 1. The number of amides is 1. The SMILES string of the molecule is CCN1CCC[C@@H]1CNC(=O)C1CCN(S(=O)(=O)CC)CC1. The van der Waals surface area contributed by atoms with Crippen molar-refractivity contribution < 1.29 is 13.2 Å². The van der Waals surface area contributed by atoms with E-state index in [-0.39, 0.29) is 17.6 Å². The molecule has 128 valence electrons. The Bertz CT molecular complexity index is 472. The molecule has 22 heavy (non-hydrogen) atoms. The highest BCUT2D eigenvalue weighted by molar-refractivity contribution is 7.89. The van der Waals surface area contributed by atoms with Crippen LogP contribution in [-0.4, -0.2) is 68.0 Å². The van der Waals surface area contributed by atoms with Gasteiger partial charge >= 0.3 is 0 Å². The Labute approximate surface area is 134 Å². The summed E-state index contributed by atoms with van der Waals surface area (Å²) in [5, 5.41) is 3.08. The van der Waals surface area contributed by atoms with Gasteiger partial charge in [0, 0.05) is 31.6 Å². The van der Waals surface area contributed by atoms with Crippen LogP contribution < -0.4 is 5.32 Å². The first-order chi connectivity index (χ1) is 10.5. The highest BCUT2D eigenvalue weighted by Gasteiger charge is 2.31. The summed E-state index contributed by atoms with van der Waals surface area (Å²) in [6, 6.07) is 0.467. The first-order valence-corrected chi connectivity index (χ1v) is 10.1. The van der Waals surface area contributed by atoms with Gasteiger partial charge in [-0.25, -0.2) is 12.7 Å². The second-order valence-corrected chi connectivity index (χ2v) is 8.50. The van der Waals surface area contributed by atoms with Gasteiger partial charge in [0.1, 0.15) is 0 Å². The fraction of sp³-hybridized carbons (Fsp3) is 0.933. The van der Waals surface area contributed by atoms with Gasteiger partial charge < -0.3 is 5.32 Å². The average Bonchev–Trinajstić information content (AvgIpc) is 3.00. The molecule has 0 aliphatic carbocycles. The smallest absolute Gasteiger partial charge is 0.223 e. The number of carbonyl (C=O) groups excluding carboxylic acids is 1. The van der Waals surface area contributed by atoms with Gasteiger partial charge in [0.2, 0.25) is 15.9 Å². The molecule has 0 aromatic heterocycles. The van der Waals surface area contributed by atoms with Crippen LogP contribution >= 0.6 is 0 Å². The van der Waals surface area contributed by atoms with Crippen molar-refractivity contribution in [3.8, 4) is 0 Å². The molecule has 2 rings (SSSR count). The summed E-state index contributed by atoms with van der Waals surface area (Å²) in [6.45, 7) is 7.65. The van der Waals surface area contributed by atoms with Crippen LogP contribution in [0.5, 0.6) is 0 Å². The summed E-state index contributed by atoms with van der Waals surface area (Å²) in [6.07, 6.45) is 3.63. The Morgan fingerprint density at radius 2 is 1.82 bits per heavy atom. The second kappa shape index (κ2) is 7.75. The van der Waals surface area contributed by atoms with E-state index in [9.17, 15) is 13.2 Å². The highest BCUT2D eigenvalue weighted by atomic mass is 32.2. The summed E-state index contributed by atoms with van der Waals surface area (Å²) in [4.78, 5) is 14.7. The van der Waals surface area contributed by atoms with Crippen molar-refractivity contribution in [2.75, 3.05) is 38.5 Å². The molecule has 1 atom stereocenters. The molecule has 1 N–H and O–H groups in total. The summed E-state index contributed by atoms with van der Waals surface area (Å²) in [5.74, 6) is 0.189. The minimum atomic E-state index is -3.11. The summed E-state index contributed by atoms with van der Waals surface area (Å²) < 4.78 is 25.2. The lowest BCUT2D eigenvalue weighted by atomic mass is 9.97. The van der Waals surface area contributed by atoms with Gasteiger partial charge in [0.05, 0.1) is 5.75 Å². The Morgan fingerprint density at radius 1 is 1.14 bits per heavy atom. The van der Waals surface area contributed by atoms with Crippen LogP contribution in [0.15, 0.2) is 0 Å². The maximum absolute atomic E-state index is 12.3. The van der Waals surface area contributed by atoms with Crippen molar-refractivity contribution >= 4 is 15.9 Å². The number of nitrogens with zero attached hydrogens (tertiary/aromatic N) is 2. The van der Waals surface area contributed by atoms with E-state index in [1.165, 1.54) is 10.7 Å². The summed E-state index contributed by atoms with van der Waals surface area (Å²) in [5.41, 5.74) is 0. The molecule has 6 nitrogen and oxygen atoms in total. The molecule has 2 aliphatic rings. The molecule has 0 bridgehead atoms. The third-order valence-electron chi connectivity index (χ3n) is 5.00. The third-order valence-corrected chi connectivity index (χ3v) is 6.88. The minimum Gasteiger partial charge on any atom is -0.354 e. The molecule has 2 saturated heterocycles. The third kappa shape index (κ3) is 4.20. The Morgan fingerprint density at radius 3 is 2.41 bits per heavy atom. The molecule has 1 amide bonds. The normalized spacial score (nSPS) is 25.5. The van der Waals surface area contributed by atoms with Crippen LogP contribution in [0.3, 0.4) is 0 Å².